The van der Waals surface area contributed by atoms with Gasteiger partial charge in [-0.2, -0.15) is 0 Å². The Labute approximate surface area is 124 Å². The predicted molar refractivity (Wildman–Crippen MR) is 79.8 cm³/mol. The highest BCUT2D eigenvalue weighted by molar-refractivity contribution is 9.11. The molecule has 1 aromatic rings. The fourth-order valence-corrected chi connectivity index (χ4v) is 2.91. The van der Waals surface area contributed by atoms with Crippen LogP contribution in [0.3, 0.4) is 0 Å². The molecule has 1 atom stereocenters. The van der Waals surface area contributed by atoms with Gasteiger partial charge in [0, 0.05) is 15.5 Å². The number of hydrogen-bond donors (Lipinski definition) is 2. The molecule has 2 rings (SSSR count). The van der Waals surface area contributed by atoms with Crippen LogP contribution in [0.15, 0.2) is 27.1 Å². The minimum Gasteiger partial charge on any atom is -0.352 e. The summed E-state index contributed by atoms with van der Waals surface area (Å²) < 4.78 is 1.74. The minimum absolute atomic E-state index is 0.0193. The fraction of sp³-hybridized carbons (Fsp3) is 0.462. The van der Waals surface area contributed by atoms with Crippen molar-refractivity contribution >= 4 is 37.8 Å². The van der Waals surface area contributed by atoms with Gasteiger partial charge in [0.05, 0.1) is 5.56 Å². The van der Waals surface area contributed by atoms with Crippen molar-refractivity contribution in [2.45, 2.75) is 12.8 Å². The highest BCUT2D eigenvalue weighted by atomic mass is 79.9. The van der Waals surface area contributed by atoms with Crippen LogP contribution in [0.1, 0.15) is 23.2 Å². The molecule has 1 aliphatic heterocycles. The van der Waals surface area contributed by atoms with Crippen molar-refractivity contribution < 1.29 is 4.79 Å². The van der Waals surface area contributed by atoms with E-state index in [4.69, 9.17) is 0 Å². The highest BCUT2D eigenvalue weighted by Crippen LogP contribution is 2.21. The van der Waals surface area contributed by atoms with E-state index in [2.05, 4.69) is 42.5 Å². The number of rotatable bonds is 4. The van der Waals surface area contributed by atoms with Crippen LogP contribution in [0.5, 0.6) is 0 Å². The zero-order valence-corrected chi connectivity index (χ0v) is 13.2. The molecule has 5 heteroatoms. The highest BCUT2D eigenvalue weighted by Gasteiger charge is 2.15. The fourth-order valence-electron chi connectivity index (χ4n) is 2.12. The van der Waals surface area contributed by atoms with E-state index >= 15 is 0 Å². The van der Waals surface area contributed by atoms with E-state index in [1.54, 1.807) is 0 Å². The first-order valence-corrected chi connectivity index (χ1v) is 7.69. The molecule has 0 aliphatic carbocycles. The van der Waals surface area contributed by atoms with Crippen LogP contribution in [-0.4, -0.2) is 25.5 Å². The van der Waals surface area contributed by atoms with Crippen molar-refractivity contribution in [3.8, 4) is 0 Å². The Bertz CT molecular complexity index is 431. The summed E-state index contributed by atoms with van der Waals surface area (Å²) in [5.74, 6) is 0.686. The van der Waals surface area contributed by atoms with Gasteiger partial charge in [0.25, 0.3) is 5.91 Å². The molecule has 98 valence electrons. The van der Waals surface area contributed by atoms with Crippen LogP contribution in [0.25, 0.3) is 0 Å². The lowest BCUT2D eigenvalue weighted by molar-refractivity contribution is 0.0951. The Balaban J connectivity index is 1.85. The zero-order valence-electron chi connectivity index (χ0n) is 10.0. The molecule has 18 heavy (non-hydrogen) atoms. The maximum absolute atomic E-state index is 12.0. The van der Waals surface area contributed by atoms with Gasteiger partial charge in [-0.15, -0.1) is 0 Å². The molecule has 0 radical (unpaired) electrons. The Morgan fingerprint density at radius 1 is 1.44 bits per heavy atom. The molecule has 1 amide bonds. The van der Waals surface area contributed by atoms with Gasteiger partial charge in [-0.3, -0.25) is 4.79 Å². The lowest BCUT2D eigenvalue weighted by Crippen LogP contribution is -2.26. The van der Waals surface area contributed by atoms with Crippen LogP contribution >= 0.6 is 31.9 Å². The molecule has 0 bridgehead atoms. The summed E-state index contributed by atoms with van der Waals surface area (Å²) in [7, 11) is 0. The van der Waals surface area contributed by atoms with Crippen LogP contribution in [0.2, 0.25) is 0 Å². The van der Waals surface area contributed by atoms with E-state index in [-0.39, 0.29) is 5.91 Å². The standard InChI is InChI=1S/C13H16Br2N2O/c14-10-1-2-12(15)11(7-10)13(18)17-6-4-9-3-5-16-8-9/h1-2,7,9,16H,3-6,8H2,(H,17,18). The molecular formula is C13H16Br2N2O. The van der Waals surface area contributed by atoms with Crippen molar-refractivity contribution in [3.63, 3.8) is 0 Å². The quantitative estimate of drug-likeness (QED) is 0.849. The summed E-state index contributed by atoms with van der Waals surface area (Å²) in [6, 6.07) is 5.61. The molecule has 1 aliphatic rings. The smallest absolute Gasteiger partial charge is 0.252 e. The number of halogens is 2. The number of carbonyl (C=O) groups excluding carboxylic acids is 1. The number of hydrogen-bond acceptors (Lipinski definition) is 2. The van der Waals surface area contributed by atoms with Gasteiger partial charge in [-0.05, 0) is 66.0 Å². The van der Waals surface area contributed by atoms with E-state index in [0.29, 0.717) is 11.5 Å². The van der Waals surface area contributed by atoms with E-state index in [1.807, 2.05) is 18.2 Å². The average Bonchev–Trinajstić information content (AvgIpc) is 2.85. The van der Waals surface area contributed by atoms with Gasteiger partial charge in [0.15, 0.2) is 0 Å². The van der Waals surface area contributed by atoms with Crippen molar-refractivity contribution in [2.24, 2.45) is 5.92 Å². The predicted octanol–water partition coefficient (Wildman–Crippen LogP) is 2.94. The Morgan fingerprint density at radius 3 is 3.00 bits per heavy atom. The van der Waals surface area contributed by atoms with Crippen molar-refractivity contribution in [3.05, 3.63) is 32.7 Å². The molecule has 0 aromatic heterocycles. The summed E-state index contributed by atoms with van der Waals surface area (Å²) in [6.45, 7) is 2.93. The van der Waals surface area contributed by atoms with E-state index < -0.39 is 0 Å². The SMILES string of the molecule is O=C(NCCC1CCNC1)c1cc(Br)ccc1Br. The second kappa shape index (κ2) is 6.68. The lowest BCUT2D eigenvalue weighted by Gasteiger charge is -2.10. The van der Waals surface area contributed by atoms with E-state index in [9.17, 15) is 4.79 Å². The second-order valence-electron chi connectivity index (χ2n) is 4.53. The van der Waals surface area contributed by atoms with Crippen molar-refractivity contribution in [1.29, 1.82) is 0 Å². The van der Waals surface area contributed by atoms with Crippen LogP contribution in [-0.2, 0) is 0 Å². The Kier molecular flexibility index (Phi) is 5.21. The van der Waals surface area contributed by atoms with Crippen molar-refractivity contribution in [2.75, 3.05) is 19.6 Å². The van der Waals surface area contributed by atoms with Gasteiger partial charge in [-0.1, -0.05) is 15.9 Å². The maximum atomic E-state index is 12.0. The minimum atomic E-state index is -0.0193. The van der Waals surface area contributed by atoms with Gasteiger partial charge < -0.3 is 10.6 Å². The molecule has 1 unspecified atom stereocenters. The third kappa shape index (κ3) is 3.80. The van der Waals surface area contributed by atoms with Crippen LogP contribution in [0, 0.1) is 5.92 Å². The number of benzene rings is 1. The summed E-state index contributed by atoms with van der Waals surface area (Å²) in [5.41, 5.74) is 0.675. The normalized spacial score (nSPS) is 18.9. The first-order chi connectivity index (χ1) is 8.66. The summed E-state index contributed by atoms with van der Waals surface area (Å²) in [4.78, 5) is 12.0. The number of nitrogens with one attached hydrogen (secondary N) is 2. The molecule has 0 saturated carbocycles. The molecule has 3 nitrogen and oxygen atoms in total. The third-order valence-electron chi connectivity index (χ3n) is 3.17. The first-order valence-electron chi connectivity index (χ1n) is 6.11. The number of carbonyl (C=O) groups is 1. The largest absolute Gasteiger partial charge is 0.352 e. The van der Waals surface area contributed by atoms with Gasteiger partial charge in [0.1, 0.15) is 0 Å². The summed E-state index contributed by atoms with van der Waals surface area (Å²) in [6.07, 6.45) is 2.26. The van der Waals surface area contributed by atoms with Crippen molar-refractivity contribution in [1.82, 2.24) is 10.6 Å². The second-order valence-corrected chi connectivity index (χ2v) is 6.30. The molecule has 2 N–H and O–H groups in total. The van der Waals surface area contributed by atoms with Gasteiger partial charge in [-0.25, -0.2) is 0 Å². The zero-order chi connectivity index (χ0) is 13.0. The van der Waals surface area contributed by atoms with E-state index in [1.165, 1.54) is 6.42 Å². The lowest BCUT2D eigenvalue weighted by atomic mass is 10.1. The Morgan fingerprint density at radius 2 is 2.28 bits per heavy atom. The molecule has 1 fully saturated rings. The Hall–Kier alpha value is -0.390. The molecule has 0 spiro atoms. The molecular weight excluding hydrogens is 360 g/mol. The first kappa shape index (κ1) is 14.0. The van der Waals surface area contributed by atoms with Crippen LogP contribution in [0.4, 0.5) is 0 Å². The molecule has 1 heterocycles. The summed E-state index contributed by atoms with van der Waals surface area (Å²) in [5, 5.41) is 6.31. The van der Waals surface area contributed by atoms with E-state index in [0.717, 1.165) is 35.0 Å². The summed E-state index contributed by atoms with van der Waals surface area (Å²) >= 11 is 6.78. The average molecular weight is 376 g/mol. The number of amides is 1. The van der Waals surface area contributed by atoms with Crippen LogP contribution < -0.4 is 10.6 Å². The third-order valence-corrected chi connectivity index (χ3v) is 4.36. The maximum Gasteiger partial charge on any atom is 0.252 e. The molecule has 1 saturated heterocycles. The van der Waals surface area contributed by atoms with Gasteiger partial charge in [0.2, 0.25) is 0 Å². The molecule has 1 aromatic carbocycles. The monoisotopic (exact) mass is 374 g/mol. The topological polar surface area (TPSA) is 41.1 Å². The van der Waals surface area contributed by atoms with Gasteiger partial charge >= 0.3 is 0 Å².